The highest BCUT2D eigenvalue weighted by molar-refractivity contribution is 9.10. The van der Waals surface area contributed by atoms with Crippen molar-refractivity contribution in [1.82, 2.24) is 9.97 Å². The van der Waals surface area contributed by atoms with E-state index in [-0.39, 0.29) is 0 Å². The summed E-state index contributed by atoms with van der Waals surface area (Å²) >= 11 is 6.73. The second-order valence-electron chi connectivity index (χ2n) is 5.20. The van der Waals surface area contributed by atoms with Crippen molar-refractivity contribution in [2.45, 2.75) is 37.8 Å². The molecular weight excluding hydrogens is 398 g/mol. The van der Waals surface area contributed by atoms with Gasteiger partial charge in [-0.15, -0.1) is 0 Å². The molecule has 1 aliphatic rings. The first-order chi connectivity index (χ1) is 10.2. The van der Waals surface area contributed by atoms with Gasteiger partial charge in [-0.05, 0) is 41.6 Å². The lowest BCUT2D eigenvalue weighted by molar-refractivity contribution is 0.0423. The summed E-state index contributed by atoms with van der Waals surface area (Å²) in [5, 5.41) is 0.890. The second kappa shape index (κ2) is 8.86. The fraction of sp³-hybridized carbons (Fsp3) is 0.600. The van der Waals surface area contributed by atoms with Crippen molar-refractivity contribution in [3.05, 3.63) is 29.0 Å². The Bertz CT molecular complexity index is 445. The number of halogens is 2. The molecule has 1 fully saturated rings. The van der Waals surface area contributed by atoms with Gasteiger partial charge in [-0.2, -0.15) is 0 Å². The van der Waals surface area contributed by atoms with Gasteiger partial charge >= 0.3 is 0 Å². The van der Waals surface area contributed by atoms with Gasteiger partial charge in [-0.25, -0.2) is 9.97 Å². The summed E-state index contributed by atoms with van der Waals surface area (Å²) in [7, 11) is 2.08. The van der Waals surface area contributed by atoms with Crippen molar-refractivity contribution in [3.8, 4) is 0 Å². The van der Waals surface area contributed by atoms with Gasteiger partial charge in [0.15, 0.2) is 0 Å². The van der Waals surface area contributed by atoms with Crippen LogP contribution in [0.3, 0.4) is 0 Å². The van der Waals surface area contributed by atoms with Crippen LogP contribution < -0.4 is 4.90 Å². The summed E-state index contributed by atoms with van der Waals surface area (Å²) in [6.07, 6.45) is 12.6. The van der Waals surface area contributed by atoms with E-state index in [1.165, 1.54) is 0 Å². The Morgan fingerprint density at radius 2 is 1.90 bits per heavy atom. The molecule has 0 aromatic carbocycles. The molecule has 0 bridgehead atoms. The summed E-state index contributed by atoms with van der Waals surface area (Å²) in [4.78, 5) is 10.9. The van der Waals surface area contributed by atoms with E-state index in [1.54, 1.807) is 12.4 Å². The topological polar surface area (TPSA) is 38.2 Å². The predicted octanol–water partition coefficient (Wildman–Crippen LogP) is 3.95. The van der Waals surface area contributed by atoms with Crippen molar-refractivity contribution in [2.75, 3.05) is 23.9 Å². The lowest BCUT2D eigenvalue weighted by Gasteiger charge is -2.34. The zero-order valence-corrected chi connectivity index (χ0v) is 15.4. The maximum absolute atomic E-state index is 5.87. The van der Waals surface area contributed by atoms with E-state index in [0.29, 0.717) is 18.8 Å². The molecule has 4 nitrogen and oxygen atoms in total. The van der Waals surface area contributed by atoms with E-state index >= 15 is 0 Å². The van der Waals surface area contributed by atoms with E-state index in [4.69, 9.17) is 4.74 Å². The molecule has 1 aromatic heterocycles. The minimum atomic E-state index is 0.389. The van der Waals surface area contributed by atoms with Gasteiger partial charge in [0.05, 0.1) is 17.2 Å². The van der Waals surface area contributed by atoms with Crippen molar-refractivity contribution >= 4 is 37.8 Å². The second-order valence-corrected chi connectivity index (χ2v) is 6.76. The maximum Gasteiger partial charge on any atom is 0.225 e. The Morgan fingerprint density at radius 3 is 2.52 bits per heavy atom. The number of alkyl halides is 1. The Morgan fingerprint density at radius 1 is 1.24 bits per heavy atom. The van der Waals surface area contributed by atoms with E-state index in [2.05, 4.69) is 65.9 Å². The first-order valence-electron chi connectivity index (χ1n) is 7.23. The molecule has 1 aliphatic carbocycles. The average molecular weight is 419 g/mol. The molecule has 0 spiro atoms. The quantitative estimate of drug-likeness (QED) is 0.517. The van der Waals surface area contributed by atoms with Crippen LogP contribution in [0.1, 0.15) is 25.7 Å². The molecule has 0 aliphatic heterocycles. The third-order valence-corrected chi connectivity index (χ3v) is 4.58. The van der Waals surface area contributed by atoms with Crippen LogP contribution >= 0.6 is 31.9 Å². The van der Waals surface area contributed by atoms with E-state index in [0.717, 1.165) is 41.4 Å². The third-order valence-electron chi connectivity index (χ3n) is 3.80. The molecule has 0 radical (unpaired) electrons. The van der Waals surface area contributed by atoms with Gasteiger partial charge < -0.3 is 9.64 Å². The molecule has 0 saturated heterocycles. The van der Waals surface area contributed by atoms with Crippen molar-refractivity contribution < 1.29 is 4.74 Å². The molecule has 116 valence electrons. The van der Waals surface area contributed by atoms with Gasteiger partial charge in [0.2, 0.25) is 5.95 Å². The van der Waals surface area contributed by atoms with E-state index in [9.17, 15) is 0 Å². The van der Waals surface area contributed by atoms with Crippen LogP contribution in [0.25, 0.3) is 0 Å². The zero-order valence-electron chi connectivity index (χ0n) is 12.2. The Balaban J connectivity index is 1.77. The normalized spacial score (nSPS) is 22.6. The third kappa shape index (κ3) is 5.34. The van der Waals surface area contributed by atoms with Crippen LogP contribution in [0.15, 0.2) is 29.0 Å². The molecule has 0 atom stereocenters. The number of rotatable bonds is 6. The molecule has 0 N–H and O–H groups in total. The predicted molar refractivity (Wildman–Crippen MR) is 93.1 cm³/mol. The number of anilines is 1. The lowest BCUT2D eigenvalue weighted by atomic mass is 9.92. The Labute approximate surface area is 143 Å². The van der Waals surface area contributed by atoms with Crippen molar-refractivity contribution in [3.63, 3.8) is 0 Å². The van der Waals surface area contributed by atoms with Crippen LogP contribution in [0.4, 0.5) is 5.95 Å². The number of ether oxygens (including phenoxy) is 1. The number of aromatic nitrogens is 2. The number of nitrogens with zero attached hydrogens (tertiary/aromatic N) is 3. The van der Waals surface area contributed by atoms with Crippen LogP contribution in [-0.4, -0.2) is 41.1 Å². The molecule has 6 heteroatoms. The highest BCUT2D eigenvalue weighted by atomic mass is 79.9. The van der Waals surface area contributed by atoms with Gasteiger partial charge in [-0.1, -0.05) is 28.1 Å². The standard InChI is InChI=1S/C15H21Br2N3O/c1-20(15-18-10-12(17)11-19-15)13-4-6-14(7-5-13)21-9-3-2-8-16/h2-3,10-11,13-14H,4-9H2,1H3. The van der Waals surface area contributed by atoms with Gasteiger partial charge in [-0.3, -0.25) is 0 Å². The summed E-state index contributed by atoms with van der Waals surface area (Å²) in [6.45, 7) is 0.715. The smallest absolute Gasteiger partial charge is 0.225 e. The molecule has 1 saturated carbocycles. The molecular formula is C15H21Br2N3O. The number of allylic oxidation sites excluding steroid dienone is 1. The Hall–Kier alpha value is -0.460. The molecule has 1 aromatic rings. The molecule has 1 heterocycles. The average Bonchev–Trinajstić information content (AvgIpc) is 2.52. The zero-order chi connectivity index (χ0) is 15.1. The van der Waals surface area contributed by atoms with Crippen LogP contribution in [0, 0.1) is 0 Å². The SMILES string of the molecule is CN(c1ncc(Br)cn1)C1CCC(OCC=CCBr)CC1. The summed E-state index contributed by atoms with van der Waals surface area (Å²) in [5.41, 5.74) is 0. The van der Waals surface area contributed by atoms with Gasteiger partial charge in [0.1, 0.15) is 0 Å². The van der Waals surface area contributed by atoms with Crippen LogP contribution in [0.5, 0.6) is 0 Å². The Kier molecular flexibility index (Phi) is 7.13. The minimum absolute atomic E-state index is 0.389. The van der Waals surface area contributed by atoms with Gasteiger partial charge in [0, 0.05) is 30.8 Å². The summed E-state index contributed by atoms with van der Waals surface area (Å²) in [6, 6.07) is 0.504. The number of hydrogen-bond acceptors (Lipinski definition) is 4. The van der Waals surface area contributed by atoms with Crippen molar-refractivity contribution in [2.24, 2.45) is 0 Å². The van der Waals surface area contributed by atoms with Crippen molar-refractivity contribution in [1.29, 1.82) is 0 Å². The van der Waals surface area contributed by atoms with E-state index in [1.807, 2.05) is 0 Å². The summed E-state index contributed by atoms with van der Waals surface area (Å²) in [5.74, 6) is 0.794. The molecule has 0 amide bonds. The largest absolute Gasteiger partial charge is 0.374 e. The van der Waals surface area contributed by atoms with Crippen LogP contribution in [0.2, 0.25) is 0 Å². The molecule has 2 rings (SSSR count). The fourth-order valence-electron chi connectivity index (χ4n) is 2.57. The highest BCUT2D eigenvalue weighted by Gasteiger charge is 2.25. The molecule has 0 unspecified atom stereocenters. The fourth-order valence-corrected chi connectivity index (χ4v) is 3.04. The lowest BCUT2D eigenvalue weighted by Crippen LogP contribution is -2.38. The maximum atomic E-state index is 5.87. The molecule has 21 heavy (non-hydrogen) atoms. The highest BCUT2D eigenvalue weighted by Crippen LogP contribution is 2.26. The first-order valence-corrected chi connectivity index (χ1v) is 9.15. The first kappa shape index (κ1) is 16.9. The minimum Gasteiger partial charge on any atom is -0.374 e. The summed E-state index contributed by atoms with van der Waals surface area (Å²) < 4.78 is 6.78. The van der Waals surface area contributed by atoms with Crippen LogP contribution in [-0.2, 0) is 4.74 Å². The van der Waals surface area contributed by atoms with Gasteiger partial charge in [0.25, 0.3) is 0 Å². The number of hydrogen-bond donors (Lipinski definition) is 0. The monoisotopic (exact) mass is 417 g/mol. The van der Waals surface area contributed by atoms with E-state index < -0.39 is 0 Å².